The Labute approximate surface area is 123 Å². The van der Waals surface area contributed by atoms with Crippen molar-refractivity contribution in [2.75, 3.05) is 6.54 Å². The van der Waals surface area contributed by atoms with E-state index in [1.807, 2.05) is 17.7 Å². The van der Waals surface area contributed by atoms with Crippen LogP contribution in [0.4, 0.5) is 0 Å². The summed E-state index contributed by atoms with van der Waals surface area (Å²) in [6.07, 6.45) is 4.28. The van der Waals surface area contributed by atoms with Gasteiger partial charge < -0.3 is 4.57 Å². The lowest BCUT2D eigenvalue weighted by atomic mass is 10.4. The van der Waals surface area contributed by atoms with Crippen LogP contribution in [0.25, 0.3) is 0 Å². The lowest BCUT2D eigenvalue weighted by Gasteiger charge is -2.09. The first-order valence-corrected chi connectivity index (χ1v) is 8.09. The molecule has 1 N–H and O–H groups in total. The van der Waals surface area contributed by atoms with E-state index >= 15 is 0 Å². The highest BCUT2D eigenvalue weighted by Crippen LogP contribution is 2.19. The van der Waals surface area contributed by atoms with Crippen LogP contribution in [0.3, 0.4) is 0 Å². The number of hydrogen-bond acceptors (Lipinski definition) is 3. The molecule has 0 radical (unpaired) electrons. The van der Waals surface area contributed by atoms with Gasteiger partial charge >= 0.3 is 0 Å². The SMILES string of the molecule is Cc1nccn1CCCNS(=O)(=O)c1ccccc1Cl. The van der Waals surface area contributed by atoms with E-state index in [4.69, 9.17) is 11.6 Å². The minimum Gasteiger partial charge on any atom is -0.335 e. The fraction of sp³-hybridized carbons (Fsp3) is 0.308. The zero-order valence-electron chi connectivity index (χ0n) is 11.1. The van der Waals surface area contributed by atoms with Gasteiger partial charge in [-0.2, -0.15) is 0 Å². The van der Waals surface area contributed by atoms with Crippen molar-refractivity contribution in [1.82, 2.24) is 14.3 Å². The predicted molar refractivity (Wildman–Crippen MR) is 78.2 cm³/mol. The molecule has 0 atom stereocenters. The Morgan fingerprint density at radius 2 is 2.10 bits per heavy atom. The third-order valence-corrected chi connectivity index (χ3v) is 4.88. The van der Waals surface area contributed by atoms with Crippen molar-refractivity contribution in [3.8, 4) is 0 Å². The molecule has 2 aromatic rings. The topological polar surface area (TPSA) is 64.0 Å². The average Bonchev–Trinajstić information content (AvgIpc) is 2.81. The first-order valence-electron chi connectivity index (χ1n) is 6.22. The maximum Gasteiger partial charge on any atom is 0.242 e. The molecular weight excluding hydrogens is 298 g/mol. The minimum absolute atomic E-state index is 0.112. The molecule has 0 aliphatic carbocycles. The number of aryl methyl sites for hydroxylation is 2. The third kappa shape index (κ3) is 3.59. The molecule has 1 aromatic heterocycles. The molecule has 0 unspecified atom stereocenters. The molecule has 108 valence electrons. The van der Waals surface area contributed by atoms with Gasteiger partial charge in [-0.3, -0.25) is 0 Å². The minimum atomic E-state index is -3.55. The summed E-state index contributed by atoms with van der Waals surface area (Å²) >= 11 is 5.89. The lowest BCUT2D eigenvalue weighted by molar-refractivity contribution is 0.567. The Kier molecular flexibility index (Phi) is 4.80. The van der Waals surface area contributed by atoms with E-state index in [1.165, 1.54) is 6.07 Å². The summed E-state index contributed by atoms with van der Waals surface area (Å²) in [6, 6.07) is 6.40. The van der Waals surface area contributed by atoms with Crippen molar-refractivity contribution in [1.29, 1.82) is 0 Å². The Morgan fingerprint density at radius 3 is 2.75 bits per heavy atom. The van der Waals surface area contributed by atoms with Crippen LogP contribution < -0.4 is 4.72 Å². The monoisotopic (exact) mass is 313 g/mol. The third-order valence-electron chi connectivity index (χ3n) is 2.92. The number of halogens is 1. The number of nitrogens with zero attached hydrogens (tertiary/aromatic N) is 2. The van der Waals surface area contributed by atoms with E-state index in [9.17, 15) is 8.42 Å². The van der Waals surface area contributed by atoms with Crippen LogP contribution in [0.2, 0.25) is 5.02 Å². The highest BCUT2D eigenvalue weighted by Gasteiger charge is 2.16. The standard InChI is InChI=1S/C13H16ClN3O2S/c1-11-15-8-10-17(11)9-4-7-16-20(18,19)13-6-3-2-5-12(13)14/h2-3,5-6,8,10,16H,4,7,9H2,1H3. The van der Waals surface area contributed by atoms with Gasteiger partial charge in [-0.15, -0.1) is 0 Å². The van der Waals surface area contributed by atoms with Crippen molar-refractivity contribution in [3.63, 3.8) is 0 Å². The van der Waals surface area contributed by atoms with E-state index in [1.54, 1.807) is 24.4 Å². The van der Waals surface area contributed by atoms with Gasteiger partial charge in [0.05, 0.1) is 5.02 Å². The van der Waals surface area contributed by atoms with Crippen molar-refractivity contribution in [2.45, 2.75) is 24.8 Å². The van der Waals surface area contributed by atoms with E-state index in [0.29, 0.717) is 13.0 Å². The largest absolute Gasteiger partial charge is 0.335 e. The second-order valence-corrected chi connectivity index (χ2v) is 6.49. The molecular formula is C13H16ClN3O2S. The summed E-state index contributed by atoms with van der Waals surface area (Å²) in [6.45, 7) is 2.98. The summed E-state index contributed by atoms with van der Waals surface area (Å²) in [4.78, 5) is 4.22. The average molecular weight is 314 g/mol. The van der Waals surface area contributed by atoms with Crippen molar-refractivity contribution in [2.24, 2.45) is 0 Å². The Bertz CT molecular complexity index is 682. The van der Waals surface area contributed by atoms with Crippen LogP contribution in [-0.2, 0) is 16.6 Å². The lowest BCUT2D eigenvalue weighted by Crippen LogP contribution is -2.25. The van der Waals surface area contributed by atoms with Gasteiger partial charge in [0.2, 0.25) is 10.0 Å². The van der Waals surface area contributed by atoms with Gasteiger partial charge in [-0.1, -0.05) is 23.7 Å². The second kappa shape index (κ2) is 6.39. The Balaban J connectivity index is 1.91. The van der Waals surface area contributed by atoms with Crippen LogP contribution in [0.1, 0.15) is 12.2 Å². The molecule has 1 aromatic carbocycles. The molecule has 0 fully saturated rings. The van der Waals surface area contributed by atoms with Gasteiger partial charge in [0.25, 0.3) is 0 Å². The molecule has 5 nitrogen and oxygen atoms in total. The van der Waals surface area contributed by atoms with Gasteiger partial charge in [0, 0.05) is 25.5 Å². The number of aromatic nitrogens is 2. The summed E-state index contributed by atoms with van der Waals surface area (Å²) < 4.78 is 28.7. The highest BCUT2D eigenvalue weighted by atomic mass is 35.5. The normalized spacial score (nSPS) is 11.7. The van der Waals surface area contributed by atoms with Crippen molar-refractivity contribution >= 4 is 21.6 Å². The van der Waals surface area contributed by atoms with Crippen molar-refractivity contribution in [3.05, 3.63) is 47.5 Å². The van der Waals surface area contributed by atoms with Crippen LogP contribution >= 0.6 is 11.6 Å². The molecule has 0 saturated carbocycles. The van der Waals surface area contributed by atoms with E-state index in [2.05, 4.69) is 9.71 Å². The van der Waals surface area contributed by atoms with E-state index < -0.39 is 10.0 Å². The van der Waals surface area contributed by atoms with Crippen LogP contribution in [-0.4, -0.2) is 24.5 Å². The molecule has 0 aliphatic heterocycles. The van der Waals surface area contributed by atoms with Gasteiger partial charge in [-0.05, 0) is 25.5 Å². The number of nitrogens with one attached hydrogen (secondary N) is 1. The number of sulfonamides is 1. The maximum atomic E-state index is 12.1. The van der Waals surface area contributed by atoms with Crippen LogP contribution in [0.15, 0.2) is 41.6 Å². The van der Waals surface area contributed by atoms with Gasteiger partial charge in [-0.25, -0.2) is 18.1 Å². The number of benzene rings is 1. The summed E-state index contributed by atoms with van der Waals surface area (Å²) in [7, 11) is -3.55. The summed E-state index contributed by atoms with van der Waals surface area (Å²) in [5.41, 5.74) is 0. The zero-order chi connectivity index (χ0) is 14.6. The molecule has 0 bridgehead atoms. The quantitative estimate of drug-likeness (QED) is 0.832. The molecule has 0 aliphatic rings. The predicted octanol–water partition coefficient (Wildman–Crippen LogP) is 2.21. The maximum absolute atomic E-state index is 12.1. The van der Waals surface area contributed by atoms with Gasteiger partial charge in [0.1, 0.15) is 10.7 Å². The van der Waals surface area contributed by atoms with Crippen LogP contribution in [0.5, 0.6) is 0 Å². The van der Waals surface area contributed by atoms with E-state index in [-0.39, 0.29) is 9.92 Å². The van der Waals surface area contributed by atoms with Gasteiger partial charge in [0.15, 0.2) is 0 Å². The molecule has 2 rings (SSSR count). The highest BCUT2D eigenvalue weighted by molar-refractivity contribution is 7.89. The molecule has 0 amide bonds. The molecule has 0 spiro atoms. The fourth-order valence-corrected chi connectivity index (χ4v) is 3.43. The molecule has 7 heteroatoms. The number of hydrogen-bond donors (Lipinski definition) is 1. The van der Waals surface area contributed by atoms with Crippen LogP contribution in [0, 0.1) is 6.92 Å². The second-order valence-electron chi connectivity index (χ2n) is 4.35. The molecule has 1 heterocycles. The number of rotatable bonds is 6. The summed E-state index contributed by atoms with van der Waals surface area (Å²) in [5.74, 6) is 0.916. The molecule has 20 heavy (non-hydrogen) atoms. The Morgan fingerprint density at radius 1 is 1.35 bits per heavy atom. The fourth-order valence-electron chi connectivity index (χ4n) is 1.84. The Hall–Kier alpha value is -1.37. The first kappa shape index (κ1) is 15.0. The zero-order valence-corrected chi connectivity index (χ0v) is 12.7. The van der Waals surface area contributed by atoms with Crippen molar-refractivity contribution < 1.29 is 8.42 Å². The smallest absolute Gasteiger partial charge is 0.242 e. The summed E-state index contributed by atoms with van der Waals surface area (Å²) in [5, 5.41) is 0.227. The number of imidazole rings is 1. The first-order chi connectivity index (χ1) is 9.50. The molecule has 0 saturated heterocycles. The van der Waals surface area contributed by atoms with E-state index in [0.717, 1.165) is 12.4 Å².